The average molecular weight is 1540 g/mol. The van der Waals surface area contributed by atoms with Gasteiger partial charge in [-0.15, -0.1) is 0 Å². The first kappa shape index (κ1) is 103. The van der Waals surface area contributed by atoms with E-state index in [0.29, 0.717) is 25.7 Å². The zero-order valence-electron chi connectivity index (χ0n) is 69.0. The van der Waals surface area contributed by atoms with Gasteiger partial charge in [0.05, 0.1) is 26.4 Å². The van der Waals surface area contributed by atoms with Gasteiger partial charge in [0.1, 0.15) is 19.3 Å². The first-order valence-electron chi connectivity index (χ1n) is 44.6. The summed E-state index contributed by atoms with van der Waals surface area (Å²) in [7, 11) is -9.93. The summed E-state index contributed by atoms with van der Waals surface area (Å²) in [5.74, 6) is -0.523. The Morgan fingerprint density at radius 3 is 0.676 bits per heavy atom. The minimum atomic E-state index is -4.97. The van der Waals surface area contributed by atoms with Crippen molar-refractivity contribution in [2.75, 3.05) is 39.6 Å². The average Bonchev–Trinajstić information content (AvgIpc) is 0.908. The third-order valence-corrected chi connectivity index (χ3v) is 22.8. The van der Waals surface area contributed by atoms with Crippen molar-refractivity contribution in [3.05, 3.63) is 0 Å². The van der Waals surface area contributed by atoms with Gasteiger partial charge in [0, 0.05) is 25.7 Å². The highest BCUT2D eigenvalue weighted by atomic mass is 31.2. The Balaban J connectivity index is 5.25. The van der Waals surface area contributed by atoms with Gasteiger partial charge in [-0.2, -0.15) is 0 Å². The lowest BCUT2D eigenvalue weighted by atomic mass is 9.99. The van der Waals surface area contributed by atoms with E-state index in [9.17, 15) is 43.2 Å². The molecule has 105 heavy (non-hydrogen) atoms. The van der Waals surface area contributed by atoms with Crippen LogP contribution in [0.25, 0.3) is 0 Å². The van der Waals surface area contributed by atoms with Crippen molar-refractivity contribution in [1.29, 1.82) is 0 Å². The molecule has 0 saturated heterocycles. The Hall–Kier alpha value is -1.94. The molecule has 0 aromatic heterocycles. The third kappa shape index (κ3) is 77.2. The molecule has 17 nitrogen and oxygen atoms in total. The number of rotatable bonds is 85. The van der Waals surface area contributed by atoms with Crippen LogP contribution in [0.2, 0.25) is 0 Å². The Labute approximate surface area is 645 Å². The minimum Gasteiger partial charge on any atom is -0.462 e. The van der Waals surface area contributed by atoms with Gasteiger partial charge in [0.15, 0.2) is 12.2 Å². The van der Waals surface area contributed by atoms with E-state index < -0.39 is 97.5 Å². The molecule has 0 spiro atoms. The fourth-order valence-electron chi connectivity index (χ4n) is 13.4. The van der Waals surface area contributed by atoms with Crippen LogP contribution in [0.4, 0.5) is 0 Å². The molecule has 0 bridgehead atoms. The molecule has 0 aromatic rings. The lowest BCUT2D eigenvalue weighted by molar-refractivity contribution is -0.161. The lowest BCUT2D eigenvalue weighted by Crippen LogP contribution is -2.30. The number of aliphatic hydroxyl groups excluding tert-OH is 1. The van der Waals surface area contributed by atoms with Gasteiger partial charge in [-0.05, 0) is 37.5 Å². The van der Waals surface area contributed by atoms with Crippen molar-refractivity contribution in [1.82, 2.24) is 0 Å². The lowest BCUT2D eigenvalue weighted by Gasteiger charge is -2.21. The van der Waals surface area contributed by atoms with Gasteiger partial charge in [-0.1, -0.05) is 408 Å². The molecule has 7 atom stereocenters. The van der Waals surface area contributed by atoms with Crippen LogP contribution >= 0.6 is 15.6 Å². The monoisotopic (exact) mass is 1540 g/mol. The van der Waals surface area contributed by atoms with Gasteiger partial charge in [0.25, 0.3) is 0 Å². The van der Waals surface area contributed by atoms with Gasteiger partial charge >= 0.3 is 39.5 Å². The van der Waals surface area contributed by atoms with Crippen molar-refractivity contribution in [2.24, 2.45) is 11.8 Å². The van der Waals surface area contributed by atoms with Crippen LogP contribution in [0.15, 0.2) is 0 Å². The van der Waals surface area contributed by atoms with Crippen LogP contribution in [-0.4, -0.2) is 96.7 Å². The predicted octanol–water partition coefficient (Wildman–Crippen LogP) is 26.2. The topological polar surface area (TPSA) is 237 Å². The molecule has 0 fully saturated rings. The van der Waals surface area contributed by atoms with E-state index in [0.717, 1.165) is 102 Å². The second-order valence-corrected chi connectivity index (χ2v) is 34.3. The Morgan fingerprint density at radius 1 is 0.267 bits per heavy atom. The summed E-state index contributed by atoms with van der Waals surface area (Å²) in [6.45, 7) is 9.69. The SMILES string of the molecule is CCCCCCCCCCCCCCCCCCCCCCC(=O)O[C@H](COC(=O)CCCCCCCCCCCCCCCCCCCCC)COP(=O)(O)OC[C@@H](O)COP(=O)(O)OC[C@@H](COC(=O)CCCCCCCCCCC(C)CC)OC(=O)CCCCCCCCCCCCC(C)CC. The highest BCUT2D eigenvalue weighted by Crippen LogP contribution is 2.45. The summed E-state index contributed by atoms with van der Waals surface area (Å²) in [6, 6.07) is 0. The summed E-state index contributed by atoms with van der Waals surface area (Å²) < 4.78 is 68.9. The Bertz CT molecular complexity index is 2010. The number of phosphoric ester groups is 2. The van der Waals surface area contributed by atoms with Crippen LogP contribution in [0, 0.1) is 11.8 Å². The van der Waals surface area contributed by atoms with E-state index in [1.165, 1.54) is 276 Å². The third-order valence-electron chi connectivity index (χ3n) is 20.9. The minimum absolute atomic E-state index is 0.106. The van der Waals surface area contributed by atoms with Crippen molar-refractivity contribution in [2.45, 2.75) is 477 Å². The molecule has 0 aromatic carbocycles. The first-order valence-corrected chi connectivity index (χ1v) is 47.6. The van der Waals surface area contributed by atoms with Crippen LogP contribution in [-0.2, 0) is 65.4 Å². The molecular formula is C86H168O17P2. The number of hydrogen-bond donors (Lipinski definition) is 3. The van der Waals surface area contributed by atoms with E-state index in [1.807, 2.05) is 0 Å². The molecule has 0 aliphatic carbocycles. The molecule has 0 rings (SSSR count). The number of phosphoric acid groups is 2. The van der Waals surface area contributed by atoms with Gasteiger partial charge < -0.3 is 33.8 Å². The molecule has 0 aliphatic heterocycles. The van der Waals surface area contributed by atoms with Gasteiger partial charge in [-0.3, -0.25) is 37.3 Å². The van der Waals surface area contributed by atoms with Gasteiger partial charge in [-0.25, -0.2) is 9.13 Å². The van der Waals surface area contributed by atoms with Crippen LogP contribution in [0.1, 0.15) is 459 Å². The zero-order chi connectivity index (χ0) is 77.1. The van der Waals surface area contributed by atoms with E-state index in [1.54, 1.807) is 0 Å². The summed E-state index contributed by atoms with van der Waals surface area (Å²) in [6.07, 6.45) is 69.4. The molecule has 0 aliphatic rings. The molecule has 19 heteroatoms. The number of unbranched alkanes of at least 4 members (excludes halogenated alkanes) is 53. The Morgan fingerprint density at radius 2 is 0.457 bits per heavy atom. The van der Waals surface area contributed by atoms with Crippen molar-refractivity contribution in [3.63, 3.8) is 0 Å². The van der Waals surface area contributed by atoms with Crippen LogP contribution in [0.3, 0.4) is 0 Å². The molecule has 0 saturated carbocycles. The summed E-state index contributed by atoms with van der Waals surface area (Å²) in [5.41, 5.74) is 0. The molecule has 624 valence electrons. The molecule has 0 heterocycles. The quantitative estimate of drug-likeness (QED) is 0.0222. The maximum Gasteiger partial charge on any atom is 0.472 e. The van der Waals surface area contributed by atoms with Crippen LogP contribution in [0.5, 0.6) is 0 Å². The molecule has 0 radical (unpaired) electrons. The van der Waals surface area contributed by atoms with Gasteiger partial charge in [0.2, 0.25) is 0 Å². The maximum atomic E-state index is 13.2. The number of aliphatic hydroxyl groups is 1. The van der Waals surface area contributed by atoms with Crippen LogP contribution < -0.4 is 0 Å². The molecular weight excluding hydrogens is 1370 g/mol. The molecule has 4 unspecified atom stereocenters. The van der Waals surface area contributed by atoms with E-state index in [-0.39, 0.29) is 25.7 Å². The molecule has 3 N–H and O–H groups in total. The number of ether oxygens (including phenoxy) is 4. The smallest absolute Gasteiger partial charge is 0.462 e. The van der Waals surface area contributed by atoms with E-state index in [2.05, 4.69) is 41.5 Å². The fourth-order valence-corrected chi connectivity index (χ4v) is 14.9. The maximum absolute atomic E-state index is 13.2. The van der Waals surface area contributed by atoms with Crippen molar-refractivity contribution < 1.29 is 80.2 Å². The summed E-state index contributed by atoms with van der Waals surface area (Å²) in [5, 5.41) is 10.7. The predicted molar refractivity (Wildman–Crippen MR) is 432 cm³/mol. The highest BCUT2D eigenvalue weighted by molar-refractivity contribution is 7.47. The number of esters is 4. The second-order valence-electron chi connectivity index (χ2n) is 31.4. The normalized spacial score (nSPS) is 14.3. The number of carbonyl (C=O) groups excluding carboxylic acids is 4. The standard InChI is InChI=1S/C86H168O17P2/c1-7-11-13-15-17-19-21-23-25-27-29-31-33-35-37-39-44-52-58-64-70-85(90)102-81(74-96-83(88)68-62-56-50-43-38-36-34-32-30-28-26-24-22-20-18-16-14-12-8-2)76-100-104(92,93)98-72-80(87)73-99-105(94,95)101-77-82(75-97-84(89)69-63-57-51-47-46-49-55-61-67-79(6)10-4)103-86(91)71-65-59-53-45-41-40-42-48-54-60-66-78(5)9-3/h78-82,87H,7-77H2,1-6H3,(H,92,93)(H,94,95)/t78?,79?,80-,81-,82-/m1/s1. The Kier molecular flexibility index (Phi) is 76.0. The highest BCUT2D eigenvalue weighted by Gasteiger charge is 2.30. The van der Waals surface area contributed by atoms with E-state index >= 15 is 0 Å². The summed E-state index contributed by atoms with van der Waals surface area (Å²) in [4.78, 5) is 73.2. The number of carbonyl (C=O) groups is 4. The largest absolute Gasteiger partial charge is 0.472 e. The van der Waals surface area contributed by atoms with Crippen molar-refractivity contribution >= 4 is 39.5 Å². The second kappa shape index (κ2) is 77.4. The number of hydrogen-bond acceptors (Lipinski definition) is 15. The molecule has 0 amide bonds. The first-order chi connectivity index (χ1) is 50.9. The fraction of sp³-hybridized carbons (Fsp3) is 0.953. The van der Waals surface area contributed by atoms with E-state index in [4.69, 9.17) is 37.0 Å². The van der Waals surface area contributed by atoms with Crippen molar-refractivity contribution in [3.8, 4) is 0 Å². The summed E-state index contributed by atoms with van der Waals surface area (Å²) >= 11 is 0. The zero-order valence-corrected chi connectivity index (χ0v) is 70.8.